The van der Waals surface area contributed by atoms with Gasteiger partial charge in [0.05, 0.1) is 11.6 Å². The third kappa shape index (κ3) is 3.83. The van der Waals surface area contributed by atoms with E-state index in [1.165, 1.54) is 24.8 Å². The van der Waals surface area contributed by atoms with Crippen LogP contribution < -0.4 is 5.32 Å². The lowest BCUT2D eigenvalue weighted by atomic mass is 10.0. The lowest BCUT2D eigenvalue weighted by Gasteiger charge is -2.28. The van der Waals surface area contributed by atoms with Gasteiger partial charge >= 0.3 is 0 Å². The van der Waals surface area contributed by atoms with Crippen molar-refractivity contribution in [1.82, 2.24) is 10.2 Å². The molecule has 1 saturated heterocycles. The van der Waals surface area contributed by atoms with Gasteiger partial charge in [-0.25, -0.2) is 0 Å². The molecule has 1 aromatic carbocycles. The van der Waals surface area contributed by atoms with E-state index in [0.717, 1.165) is 25.2 Å². The van der Waals surface area contributed by atoms with E-state index < -0.39 is 0 Å². The zero-order chi connectivity index (χ0) is 12.8. The number of hydrogen-bond donors (Lipinski definition) is 1. The van der Waals surface area contributed by atoms with Gasteiger partial charge in [-0.2, -0.15) is 5.26 Å². The molecule has 1 aromatic rings. The second-order valence-corrected chi connectivity index (χ2v) is 5.16. The molecule has 1 aliphatic heterocycles. The highest BCUT2D eigenvalue weighted by Gasteiger charge is 2.14. The number of likely N-dealkylation sites (N-methyl/N-ethyl adjacent to an activating group) is 1. The monoisotopic (exact) mass is 243 g/mol. The summed E-state index contributed by atoms with van der Waals surface area (Å²) in [6, 6.07) is 10.7. The van der Waals surface area contributed by atoms with Crippen LogP contribution in [-0.4, -0.2) is 31.1 Å². The number of rotatable bonds is 4. The van der Waals surface area contributed by atoms with E-state index in [-0.39, 0.29) is 0 Å². The SMILES string of the molecule is CN(Cc1cccc(C#N)c1)CC1CCCCN1. The molecule has 0 aromatic heterocycles. The topological polar surface area (TPSA) is 39.1 Å². The van der Waals surface area contributed by atoms with Gasteiger partial charge in [-0.05, 0) is 44.1 Å². The summed E-state index contributed by atoms with van der Waals surface area (Å²) >= 11 is 0. The molecule has 1 N–H and O–H groups in total. The molecule has 1 aliphatic rings. The molecule has 0 radical (unpaired) electrons. The van der Waals surface area contributed by atoms with Crippen molar-refractivity contribution < 1.29 is 0 Å². The van der Waals surface area contributed by atoms with Gasteiger partial charge in [0.2, 0.25) is 0 Å². The van der Waals surface area contributed by atoms with E-state index in [9.17, 15) is 0 Å². The molecule has 3 nitrogen and oxygen atoms in total. The number of benzene rings is 1. The molecule has 1 heterocycles. The van der Waals surface area contributed by atoms with E-state index in [0.29, 0.717) is 6.04 Å². The fourth-order valence-corrected chi connectivity index (χ4v) is 2.57. The van der Waals surface area contributed by atoms with Crippen LogP contribution in [0.15, 0.2) is 24.3 Å². The van der Waals surface area contributed by atoms with Crippen LogP contribution in [0.5, 0.6) is 0 Å². The number of piperidine rings is 1. The Morgan fingerprint density at radius 2 is 2.33 bits per heavy atom. The van der Waals surface area contributed by atoms with Crippen molar-refractivity contribution >= 4 is 0 Å². The smallest absolute Gasteiger partial charge is 0.0991 e. The van der Waals surface area contributed by atoms with Crippen LogP contribution in [0.1, 0.15) is 30.4 Å². The van der Waals surface area contributed by atoms with Crippen LogP contribution in [0.25, 0.3) is 0 Å². The summed E-state index contributed by atoms with van der Waals surface area (Å²) in [5.74, 6) is 0. The maximum Gasteiger partial charge on any atom is 0.0991 e. The second kappa shape index (κ2) is 6.53. The molecular formula is C15H21N3. The summed E-state index contributed by atoms with van der Waals surface area (Å²) in [4.78, 5) is 2.33. The van der Waals surface area contributed by atoms with Gasteiger partial charge in [0.1, 0.15) is 0 Å². The summed E-state index contributed by atoms with van der Waals surface area (Å²) in [5.41, 5.74) is 1.96. The standard InChI is InChI=1S/C15H21N3/c1-18(12-15-7-2-3-8-17-15)11-14-6-4-5-13(9-14)10-16/h4-6,9,15,17H,2-3,7-8,11-12H2,1H3. The van der Waals surface area contributed by atoms with Crippen LogP contribution in [-0.2, 0) is 6.54 Å². The first-order chi connectivity index (χ1) is 8.78. The average molecular weight is 243 g/mol. The van der Waals surface area contributed by atoms with E-state index in [4.69, 9.17) is 5.26 Å². The maximum absolute atomic E-state index is 8.88. The van der Waals surface area contributed by atoms with Crippen molar-refractivity contribution in [1.29, 1.82) is 5.26 Å². The zero-order valence-corrected chi connectivity index (χ0v) is 11.0. The molecule has 0 amide bonds. The molecule has 1 unspecified atom stereocenters. The Bertz CT molecular complexity index is 416. The van der Waals surface area contributed by atoms with Gasteiger partial charge in [-0.15, -0.1) is 0 Å². The Labute approximate surface area is 109 Å². The van der Waals surface area contributed by atoms with Crippen LogP contribution in [0, 0.1) is 11.3 Å². The van der Waals surface area contributed by atoms with Crippen LogP contribution >= 0.6 is 0 Å². The molecule has 0 spiro atoms. The largest absolute Gasteiger partial charge is 0.313 e. The molecular weight excluding hydrogens is 222 g/mol. The first-order valence-corrected chi connectivity index (χ1v) is 6.69. The van der Waals surface area contributed by atoms with Crippen molar-refractivity contribution in [2.45, 2.75) is 31.8 Å². The van der Waals surface area contributed by atoms with Gasteiger partial charge in [-0.3, -0.25) is 0 Å². The highest BCUT2D eigenvalue weighted by atomic mass is 15.1. The number of nitriles is 1. The molecule has 0 bridgehead atoms. The molecule has 0 saturated carbocycles. The summed E-state index contributed by atoms with van der Waals surface area (Å²) in [6.07, 6.45) is 3.93. The Morgan fingerprint density at radius 3 is 3.06 bits per heavy atom. The summed E-state index contributed by atoms with van der Waals surface area (Å²) < 4.78 is 0. The lowest BCUT2D eigenvalue weighted by Crippen LogP contribution is -2.42. The highest BCUT2D eigenvalue weighted by molar-refractivity contribution is 5.32. The van der Waals surface area contributed by atoms with Crippen molar-refractivity contribution in [3.63, 3.8) is 0 Å². The minimum atomic E-state index is 0.628. The van der Waals surface area contributed by atoms with E-state index in [1.54, 1.807) is 0 Å². The maximum atomic E-state index is 8.88. The van der Waals surface area contributed by atoms with Crippen molar-refractivity contribution in [2.24, 2.45) is 0 Å². The quantitative estimate of drug-likeness (QED) is 0.880. The van der Waals surface area contributed by atoms with Crippen LogP contribution in [0.4, 0.5) is 0 Å². The Balaban J connectivity index is 1.86. The Hall–Kier alpha value is -1.37. The Morgan fingerprint density at radius 1 is 1.44 bits per heavy atom. The first kappa shape index (κ1) is 13.1. The van der Waals surface area contributed by atoms with E-state index >= 15 is 0 Å². The molecule has 3 heteroatoms. The fourth-order valence-electron chi connectivity index (χ4n) is 2.57. The van der Waals surface area contributed by atoms with E-state index in [1.807, 2.05) is 18.2 Å². The summed E-state index contributed by atoms with van der Waals surface area (Å²) in [5, 5.41) is 12.4. The molecule has 18 heavy (non-hydrogen) atoms. The second-order valence-electron chi connectivity index (χ2n) is 5.16. The van der Waals surface area contributed by atoms with Gasteiger partial charge in [-0.1, -0.05) is 18.6 Å². The van der Waals surface area contributed by atoms with Crippen molar-refractivity contribution in [3.8, 4) is 6.07 Å². The number of hydrogen-bond acceptors (Lipinski definition) is 3. The predicted molar refractivity (Wildman–Crippen MR) is 73.1 cm³/mol. The molecule has 96 valence electrons. The minimum Gasteiger partial charge on any atom is -0.313 e. The third-order valence-corrected chi connectivity index (χ3v) is 3.45. The fraction of sp³-hybridized carbons (Fsp3) is 0.533. The molecule has 1 fully saturated rings. The zero-order valence-electron chi connectivity index (χ0n) is 11.0. The number of nitrogens with zero attached hydrogens (tertiary/aromatic N) is 2. The number of nitrogens with one attached hydrogen (secondary N) is 1. The van der Waals surface area contributed by atoms with E-state index in [2.05, 4.69) is 29.4 Å². The third-order valence-electron chi connectivity index (χ3n) is 3.45. The normalized spacial score (nSPS) is 19.7. The van der Waals surface area contributed by atoms with Crippen LogP contribution in [0.2, 0.25) is 0 Å². The first-order valence-electron chi connectivity index (χ1n) is 6.69. The van der Waals surface area contributed by atoms with Crippen molar-refractivity contribution in [3.05, 3.63) is 35.4 Å². The summed E-state index contributed by atoms with van der Waals surface area (Å²) in [7, 11) is 2.15. The molecule has 1 atom stereocenters. The molecule has 0 aliphatic carbocycles. The lowest BCUT2D eigenvalue weighted by molar-refractivity contribution is 0.256. The minimum absolute atomic E-state index is 0.628. The van der Waals surface area contributed by atoms with Gasteiger partial charge in [0.15, 0.2) is 0 Å². The Kier molecular flexibility index (Phi) is 4.74. The molecule has 2 rings (SSSR count). The summed E-state index contributed by atoms with van der Waals surface area (Å²) in [6.45, 7) is 3.15. The predicted octanol–water partition coefficient (Wildman–Crippen LogP) is 2.13. The van der Waals surface area contributed by atoms with Gasteiger partial charge in [0, 0.05) is 19.1 Å². The highest BCUT2D eigenvalue weighted by Crippen LogP contribution is 2.11. The average Bonchev–Trinajstić information content (AvgIpc) is 2.40. The van der Waals surface area contributed by atoms with Gasteiger partial charge in [0.25, 0.3) is 0 Å². The van der Waals surface area contributed by atoms with Crippen molar-refractivity contribution in [2.75, 3.05) is 20.1 Å². The van der Waals surface area contributed by atoms with Crippen LogP contribution in [0.3, 0.4) is 0 Å². The van der Waals surface area contributed by atoms with Gasteiger partial charge < -0.3 is 10.2 Å².